The van der Waals surface area contributed by atoms with Gasteiger partial charge in [-0.3, -0.25) is 9.59 Å². The molecule has 2 rings (SSSR count). The number of thioether (sulfide) groups is 1. The van der Waals surface area contributed by atoms with Gasteiger partial charge >= 0.3 is 0 Å². The highest BCUT2D eigenvalue weighted by Gasteiger charge is 2.48. The summed E-state index contributed by atoms with van der Waals surface area (Å²) in [6.45, 7) is 14.3. The average Bonchev–Trinajstić information content (AvgIpc) is 2.88. The lowest BCUT2D eigenvalue weighted by atomic mass is 9.96. The fourth-order valence-corrected chi connectivity index (χ4v) is 5.53. The van der Waals surface area contributed by atoms with Gasteiger partial charge in [-0.05, 0) is 37.4 Å². The Morgan fingerprint density at radius 2 is 2.12 bits per heavy atom. The fourth-order valence-electron chi connectivity index (χ4n) is 2.81. The predicted octanol–water partition coefficient (Wildman–Crippen LogP) is 3.16. The molecular weight excluding hydrogens is 342 g/mol. The van der Waals surface area contributed by atoms with Crippen molar-refractivity contribution in [2.75, 3.05) is 13.2 Å². The molecule has 0 aromatic rings. The Bertz CT molecular complexity index is 485. The van der Waals surface area contributed by atoms with Crippen LogP contribution in [0.5, 0.6) is 0 Å². The molecule has 1 N–H and O–H groups in total. The molecule has 2 heterocycles. The molecule has 24 heavy (non-hydrogen) atoms. The van der Waals surface area contributed by atoms with Gasteiger partial charge in [0.05, 0.1) is 17.4 Å². The summed E-state index contributed by atoms with van der Waals surface area (Å²) in [6, 6.07) is 0. The van der Waals surface area contributed by atoms with Gasteiger partial charge in [-0.2, -0.15) is 0 Å². The number of carbonyl (C=O) groups excluding carboxylic acids is 2. The maximum atomic E-state index is 12.2. The zero-order chi connectivity index (χ0) is 18.1. The lowest BCUT2D eigenvalue weighted by molar-refractivity contribution is -0.136. The van der Waals surface area contributed by atoms with Crippen LogP contribution in [-0.2, 0) is 18.8 Å². The Morgan fingerprint density at radius 1 is 1.46 bits per heavy atom. The molecule has 4 atom stereocenters. The predicted molar refractivity (Wildman–Crippen MR) is 99.3 cm³/mol. The summed E-state index contributed by atoms with van der Waals surface area (Å²) in [5.41, 5.74) is 0. The van der Waals surface area contributed by atoms with Crippen LogP contribution >= 0.6 is 11.8 Å². The van der Waals surface area contributed by atoms with Crippen molar-refractivity contribution >= 4 is 31.1 Å². The second kappa shape index (κ2) is 7.48. The number of hydrogen-bond donors (Lipinski definition) is 1. The molecule has 0 radical (unpaired) electrons. The number of carbonyl (C=O) groups is 2. The summed E-state index contributed by atoms with van der Waals surface area (Å²) in [4.78, 5) is 24.3. The molecule has 0 bridgehead atoms. The van der Waals surface area contributed by atoms with E-state index < -0.39 is 8.32 Å². The summed E-state index contributed by atoms with van der Waals surface area (Å²) >= 11 is 1.26. The summed E-state index contributed by atoms with van der Waals surface area (Å²) in [5.74, 6) is 0.0868. The van der Waals surface area contributed by atoms with Gasteiger partial charge < -0.3 is 14.5 Å². The van der Waals surface area contributed by atoms with E-state index in [4.69, 9.17) is 9.16 Å². The molecule has 5 nitrogen and oxygen atoms in total. The third-order valence-corrected chi connectivity index (χ3v) is 11.1. The molecule has 0 aromatic heterocycles. The van der Waals surface area contributed by atoms with Gasteiger partial charge in [0.1, 0.15) is 0 Å². The second-order valence-corrected chi connectivity index (χ2v) is 14.4. The Balaban J connectivity index is 1.89. The van der Waals surface area contributed by atoms with Crippen molar-refractivity contribution in [3.05, 3.63) is 0 Å². The van der Waals surface area contributed by atoms with Crippen LogP contribution in [0.15, 0.2) is 0 Å². The molecule has 2 fully saturated rings. The Hall–Kier alpha value is -0.373. The van der Waals surface area contributed by atoms with Crippen molar-refractivity contribution in [3.8, 4) is 0 Å². The topological polar surface area (TPSA) is 64.6 Å². The molecule has 2 unspecified atom stereocenters. The third-order valence-electron chi connectivity index (χ3n) is 5.44. The molecule has 0 aromatic carbocycles. The lowest BCUT2D eigenvalue weighted by Crippen LogP contribution is -2.62. The minimum atomic E-state index is -1.93. The normalized spacial score (nSPS) is 29.1. The fraction of sp³-hybridized carbons (Fsp3) is 0.882. The first kappa shape index (κ1) is 19.9. The Labute approximate surface area is 150 Å². The van der Waals surface area contributed by atoms with E-state index in [1.54, 1.807) is 0 Å². The highest BCUT2D eigenvalue weighted by Crippen LogP contribution is 2.40. The maximum absolute atomic E-state index is 12.2. The number of ether oxygens (including phenoxy) is 1. The van der Waals surface area contributed by atoms with Crippen molar-refractivity contribution in [2.24, 2.45) is 11.8 Å². The summed E-state index contributed by atoms with van der Waals surface area (Å²) in [7, 11) is -1.93. The van der Waals surface area contributed by atoms with Crippen LogP contribution in [0, 0.1) is 11.8 Å². The summed E-state index contributed by atoms with van der Waals surface area (Å²) < 4.78 is 11.7. The van der Waals surface area contributed by atoms with Crippen LogP contribution in [0.4, 0.5) is 0 Å². The van der Waals surface area contributed by atoms with Crippen molar-refractivity contribution in [2.45, 2.75) is 70.1 Å². The van der Waals surface area contributed by atoms with Crippen LogP contribution in [-0.4, -0.2) is 44.0 Å². The van der Waals surface area contributed by atoms with E-state index in [0.29, 0.717) is 18.9 Å². The average molecular weight is 374 g/mol. The molecule has 0 spiro atoms. The van der Waals surface area contributed by atoms with E-state index in [1.807, 2.05) is 6.92 Å². The molecule has 0 aliphatic carbocycles. The van der Waals surface area contributed by atoms with Crippen molar-refractivity contribution in [1.29, 1.82) is 0 Å². The smallest absolute Gasteiger partial charge is 0.229 e. The molecule has 7 heteroatoms. The first-order valence-corrected chi connectivity index (χ1v) is 12.6. The van der Waals surface area contributed by atoms with E-state index in [0.717, 1.165) is 13.0 Å². The molecule has 2 aliphatic heterocycles. The number of rotatable bonds is 6. The Kier molecular flexibility index (Phi) is 6.21. The zero-order valence-electron chi connectivity index (χ0n) is 15.7. The van der Waals surface area contributed by atoms with Crippen LogP contribution in [0.2, 0.25) is 18.1 Å². The Morgan fingerprint density at radius 3 is 2.62 bits per heavy atom. The minimum Gasteiger partial charge on any atom is -0.413 e. The SMILES string of the molecule is CC(O[Si](C)(C)C(C)(C)C)[C@@H]1C(=O)N[C@@H]1SC(=O)CC1CCOC1. The van der Waals surface area contributed by atoms with Gasteiger partial charge in [0.15, 0.2) is 13.4 Å². The third kappa shape index (κ3) is 4.62. The highest BCUT2D eigenvalue weighted by molar-refractivity contribution is 8.14. The zero-order valence-corrected chi connectivity index (χ0v) is 17.5. The van der Waals surface area contributed by atoms with Gasteiger partial charge in [-0.25, -0.2) is 0 Å². The van der Waals surface area contributed by atoms with E-state index in [-0.39, 0.29) is 33.5 Å². The molecule has 2 aliphatic rings. The number of β-lactam (4-membered cyclic amide) rings is 1. The van der Waals surface area contributed by atoms with E-state index in [9.17, 15) is 9.59 Å². The first-order valence-electron chi connectivity index (χ1n) is 8.76. The van der Waals surface area contributed by atoms with E-state index in [1.165, 1.54) is 11.8 Å². The van der Waals surface area contributed by atoms with Crippen LogP contribution in [0.25, 0.3) is 0 Å². The molecule has 0 saturated carbocycles. The van der Waals surface area contributed by atoms with Gasteiger partial charge in [-0.15, -0.1) is 0 Å². The largest absolute Gasteiger partial charge is 0.413 e. The van der Waals surface area contributed by atoms with Gasteiger partial charge in [0.2, 0.25) is 5.91 Å². The first-order chi connectivity index (χ1) is 11.0. The van der Waals surface area contributed by atoms with E-state index >= 15 is 0 Å². The minimum absolute atomic E-state index is 0.00397. The molecule has 2 saturated heterocycles. The number of amides is 1. The maximum Gasteiger partial charge on any atom is 0.229 e. The standard InChI is InChI=1S/C17H31NO4SSi/c1-11(22-24(5,6)17(2,3)4)14-15(20)18-16(14)23-13(19)9-12-7-8-21-10-12/h11-12,14,16H,7-10H2,1-6H3,(H,18,20)/t11?,12?,14-,16-/m1/s1. The molecular formula is C17H31NO4SSi. The lowest BCUT2D eigenvalue weighted by Gasteiger charge is -2.44. The van der Waals surface area contributed by atoms with Crippen LogP contribution in [0.3, 0.4) is 0 Å². The van der Waals surface area contributed by atoms with Crippen molar-refractivity contribution < 1.29 is 18.8 Å². The highest BCUT2D eigenvalue weighted by atomic mass is 32.2. The van der Waals surface area contributed by atoms with Crippen molar-refractivity contribution in [3.63, 3.8) is 0 Å². The summed E-state index contributed by atoms with van der Waals surface area (Å²) in [5, 5.41) is 2.94. The molecule has 138 valence electrons. The second-order valence-electron chi connectivity index (χ2n) is 8.46. The van der Waals surface area contributed by atoms with Crippen LogP contribution < -0.4 is 5.32 Å². The van der Waals surface area contributed by atoms with Crippen molar-refractivity contribution in [1.82, 2.24) is 5.32 Å². The van der Waals surface area contributed by atoms with Crippen LogP contribution in [0.1, 0.15) is 40.5 Å². The van der Waals surface area contributed by atoms with E-state index in [2.05, 4.69) is 39.2 Å². The van der Waals surface area contributed by atoms with Gasteiger partial charge in [0.25, 0.3) is 0 Å². The quantitative estimate of drug-likeness (QED) is 0.572. The van der Waals surface area contributed by atoms with Gasteiger partial charge in [0, 0.05) is 19.6 Å². The number of hydrogen-bond acceptors (Lipinski definition) is 5. The monoisotopic (exact) mass is 373 g/mol. The van der Waals surface area contributed by atoms with Gasteiger partial charge in [-0.1, -0.05) is 32.5 Å². The summed E-state index contributed by atoms with van der Waals surface area (Å²) in [6.07, 6.45) is 1.32. The molecule has 1 amide bonds. The number of nitrogens with one attached hydrogen (secondary N) is 1.